The van der Waals surface area contributed by atoms with Crippen molar-refractivity contribution in [3.8, 4) is 0 Å². The second-order valence-electron chi connectivity index (χ2n) is 6.65. The summed E-state index contributed by atoms with van der Waals surface area (Å²) in [6.07, 6.45) is 7.30. The summed E-state index contributed by atoms with van der Waals surface area (Å²) >= 11 is 0. The lowest BCUT2D eigenvalue weighted by Gasteiger charge is -2.31. The number of amides is 1. The summed E-state index contributed by atoms with van der Waals surface area (Å²) in [5.41, 5.74) is 1.74. The first-order valence-electron chi connectivity index (χ1n) is 8.77. The fourth-order valence-electron chi connectivity index (χ4n) is 3.02. The van der Waals surface area contributed by atoms with Crippen LogP contribution in [0.4, 0.5) is 0 Å². The van der Waals surface area contributed by atoms with Gasteiger partial charge in [0.1, 0.15) is 5.69 Å². The number of benzene rings is 1. The standard InChI is InChI=1S/C18H23N5O3S/c1-27(25,26)20-16-9-11-22(12-10-16)18(24)8-7-17-14-23(21-19-17)13-15-5-3-2-4-6-15/h2-8,14,16,20H,9-13H2,1H3. The molecule has 27 heavy (non-hydrogen) atoms. The first-order chi connectivity index (χ1) is 12.9. The maximum Gasteiger partial charge on any atom is 0.246 e. The Morgan fingerprint density at radius 1 is 1.26 bits per heavy atom. The highest BCUT2D eigenvalue weighted by Crippen LogP contribution is 2.12. The Hall–Kier alpha value is -2.52. The van der Waals surface area contributed by atoms with Gasteiger partial charge in [-0.1, -0.05) is 35.5 Å². The van der Waals surface area contributed by atoms with Crippen LogP contribution in [0.5, 0.6) is 0 Å². The van der Waals surface area contributed by atoms with E-state index in [0.29, 0.717) is 38.2 Å². The van der Waals surface area contributed by atoms with E-state index in [4.69, 9.17) is 0 Å². The van der Waals surface area contributed by atoms with E-state index in [0.717, 1.165) is 11.8 Å². The molecule has 8 nitrogen and oxygen atoms in total. The molecule has 3 rings (SSSR count). The largest absolute Gasteiger partial charge is 0.339 e. The van der Waals surface area contributed by atoms with Gasteiger partial charge in [-0.15, -0.1) is 5.10 Å². The number of piperidine rings is 1. The first-order valence-corrected chi connectivity index (χ1v) is 10.7. The van der Waals surface area contributed by atoms with Crippen LogP contribution in [0.25, 0.3) is 6.08 Å². The molecule has 1 amide bonds. The number of carbonyl (C=O) groups is 1. The summed E-state index contributed by atoms with van der Waals surface area (Å²) in [5, 5.41) is 8.13. The molecule has 1 fully saturated rings. The third kappa shape index (κ3) is 6.00. The second-order valence-corrected chi connectivity index (χ2v) is 8.43. The van der Waals surface area contributed by atoms with Crippen LogP contribution < -0.4 is 4.72 Å². The molecule has 1 aromatic heterocycles. The van der Waals surface area contributed by atoms with Gasteiger partial charge in [0.25, 0.3) is 0 Å². The highest BCUT2D eigenvalue weighted by atomic mass is 32.2. The van der Waals surface area contributed by atoms with Gasteiger partial charge in [-0.05, 0) is 24.5 Å². The lowest BCUT2D eigenvalue weighted by atomic mass is 10.1. The van der Waals surface area contributed by atoms with E-state index in [1.807, 2.05) is 30.3 Å². The molecule has 0 radical (unpaired) electrons. The van der Waals surface area contributed by atoms with Gasteiger partial charge < -0.3 is 4.90 Å². The molecule has 0 atom stereocenters. The number of rotatable bonds is 6. The van der Waals surface area contributed by atoms with Crippen LogP contribution in [0.3, 0.4) is 0 Å². The van der Waals surface area contributed by atoms with Crippen molar-refractivity contribution in [1.82, 2.24) is 24.6 Å². The van der Waals surface area contributed by atoms with Crippen LogP contribution in [-0.2, 0) is 21.4 Å². The molecule has 0 bridgehead atoms. The topological polar surface area (TPSA) is 97.2 Å². The minimum Gasteiger partial charge on any atom is -0.339 e. The molecular formula is C18H23N5O3S. The highest BCUT2D eigenvalue weighted by Gasteiger charge is 2.23. The van der Waals surface area contributed by atoms with E-state index < -0.39 is 10.0 Å². The molecule has 0 spiro atoms. The number of aromatic nitrogens is 3. The molecule has 1 aromatic carbocycles. The van der Waals surface area contributed by atoms with Gasteiger partial charge in [-0.2, -0.15) is 0 Å². The average molecular weight is 389 g/mol. The Labute approximate surface area is 158 Å². The molecule has 1 aliphatic rings. The summed E-state index contributed by atoms with van der Waals surface area (Å²) in [6.45, 7) is 1.67. The molecule has 0 saturated carbocycles. The molecule has 144 valence electrons. The van der Waals surface area contributed by atoms with Gasteiger partial charge in [0, 0.05) is 25.2 Å². The molecular weight excluding hydrogens is 366 g/mol. The number of nitrogens with zero attached hydrogens (tertiary/aromatic N) is 4. The maximum atomic E-state index is 12.3. The van der Waals surface area contributed by atoms with Crippen LogP contribution in [-0.4, -0.2) is 59.6 Å². The molecule has 2 aromatic rings. The Morgan fingerprint density at radius 3 is 2.63 bits per heavy atom. The van der Waals surface area contributed by atoms with Gasteiger partial charge in [0.05, 0.1) is 19.0 Å². The fourth-order valence-corrected chi connectivity index (χ4v) is 3.86. The Balaban J connectivity index is 1.50. The molecule has 2 heterocycles. The van der Waals surface area contributed by atoms with Gasteiger partial charge in [-0.3, -0.25) is 4.79 Å². The second kappa shape index (κ2) is 8.45. The monoisotopic (exact) mass is 389 g/mol. The third-order valence-corrected chi connectivity index (χ3v) is 5.09. The zero-order chi connectivity index (χ0) is 19.3. The average Bonchev–Trinajstić information content (AvgIpc) is 3.07. The van der Waals surface area contributed by atoms with Gasteiger partial charge in [0.15, 0.2) is 0 Å². The quantitative estimate of drug-likeness (QED) is 0.740. The normalized spacial score (nSPS) is 16.1. The lowest BCUT2D eigenvalue weighted by Crippen LogP contribution is -2.45. The van der Waals surface area contributed by atoms with E-state index in [1.165, 1.54) is 6.08 Å². The summed E-state index contributed by atoms with van der Waals surface area (Å²) in [6, 6.07) is 9.84. The van der Waals surface area contributed by atoms with E-state index in [1.54, 1.807) is 21.9 Å². The molecule has 0 unspecified atom stereocenters. The molecule has 0 aliphatic carbocycles. The van der Waals surface area contributed by atoms with Crippen molar-refractivity contribution < 1.29 is 13.2 Å². The van der Waals surface area contributed by atoms with Crippen LogP contribution in [0.2, 0.25) is 0 Å². The third-order valence-electron chi connectivity index (χ3n) is 4.33. The van der Waals surface area contributed by atoms with Crippen molar-refractivity contribution in [1.29, 1.82) is 0 Å². The Morgan fingerprint density at radius 2 is 1.96 bits per heavy atom. The molecule has 1 aliphatic heterocycles. The van der Waals surface area contributed by atoms with Gasteiger partial charge >= 0.3 is 0 Å². The van der Waals surface area contributed by atoms with Crippen molar-refractivity contribution in [3.63, 3.8) is 0 Å². The fraction of sp³-hybridized carbons (Fsp3) is 0.389. The van der Waals surface area contributed by atoms with E-state index >= 15 is 0 Å². The predicted molar refractivity (Wildman–Crippen MR) is 102 cm³/mol. The van der Waals surface area contributed by atoms with Crippen LogP contribution in [0, 0.1) is 0 Å². The number of hydrogen-bond donors (Lipinski definition) is 1. The van der Waals surface area contributed by atoms with Crippen molar-refractivity contribution in [2.75, 3.05) is 19.3 Å². The van der Waals surface area contributed by atoms with E-state index in [-0.39, 0.29) is 11.9 Å². The number of carbonyl (C=O) groups excluding carboxylic acids is 1. The SMILES string of the molecule is CS(=O)(=O)NC1CCN(C(=O)C=Cc2cn(Cc3ccccc3)nn2)CC1. The van der Waals surface area contributed by atoms with Crippen molar-refractivity contribution in [2.45, 2.75) is 25.4 Å². The van der Waals surface area contributed by atoms with Crippen LogP contribution >= 0.6 is 0 Å². The highest BCUT2D eigenvalue weighted by molar-refractivity contribution is 7.88. The number of hydrogen-bond acceptors (Lipinski definition) is 5. The maximum absolute atomic E-state index is 12.3. The zero-order valence-electron chi connectivity index (χ0n) is 15.2. The molecule has 1 N–H and O–H groups in total. The summed E-state index contributed by atoms with van der Waals surface area (Å²) in [4.78, 5) is 14.0. The van der Waals surface area contributed by atoms with Crippen molar-refractivity contribution in [2.24, 2.45) is 0 Å². The summed E-state index contributed by atoms with van der Waals surface area (Å²) < 4.78 is 26.9. The molecule has 9 heteroatoms. The Kier molecular flexibility index (Phi) is 6.02. The zero-order valence-corrected chi connectivity index (χ0v) is 16.0. The van der Waals surface area contributed by atoms with E-state index in [9.17, 15) is 13.2 Å². The Bertz CT molecular complexity index is 900. The predicted octanol–water partition coefficient (Wildman–Crippen LogP) is 0.880. The van der Waals surface area contributed by atoms with Crippen molar-refractivity contribution >= 4 is 22.0 Å². The van der Waals surface area contributed by atoms with Crippen molar-refractivity contribution in [3.05, 3.63) is 53.9 Å². The van der Waals surface area contributed by atoms with Gasteiger partial charge in [-0.25, -0.2) is 17.8 Å². The first kappa shape index (κ1) is 19.2. The van der Waals surface area contributed by atoms with Gasteiger partial charge in [0.2, 0.25) is 15.9 Å². The number of nitrogens with one attached hydrogen (secondary N) is 1. The minimum absolute atomic E-state index is 0.106. The van der Waals surface area contributed by atoms with Crippen LogP contribution in [0.15, 0.2) is 42.6 Å². The minimum atomic E-state index is -3.21. The summed E-state index contributed by atoms with van der Waals surface area (Å²) in [5.74, 6) is -0.106. The summed E-state index contributed by atoms with van der Waals surface area (Å²) in [7, 11) is -3.21. The number of likely N-dealkylation sites (tertiary alicyclic amines) is 1. The number of sulfonamides is 1. The lowest BCUT2D eigenvalue weighted by molar-refractivity contribution is -0.126. The smallest absolute Gasteiger partial charge is 0.246 e. The van der Waals surface area contributed by atoms with Crippen LogP contribution in [0.1, 0.15) is 24.1 Å². The molecule has 1 saturated heterocycles. The van der Waals surface area contributed by atoms with E-state index in [2.05, 4.69) is 15.0 Å².